The van der Waals surface area contributed by atoms with E-state index in [2.05, 4.69) is 0 Å². The van der Waals surface area contributed by atoms with Gasteiger partial charge in [0.15, 0.2) is 0 Å². The van der Waals surface area contributed by atoms with E-state index in [9.17, 15) is 13.2 Å². The zero-order chi connectivity index (χ0) is 15.6. The van der Waals surface area contributed by atoms with Crippen molar-refractivity contribution in [1.29, 1.82) is 0 Å². The van der Waals surface area contributed by atoms with Crippen LogP contribution in [0.3, 0.4) is 0 Å². The monoisotopic (exact) mass is 314 g/mol. The quantitative estimate of drug-likeness (QED) is 0.814. The number of sulfonamides is 1. The van der Waals surface area contributed by atoms with Gasteiger partial charge in [-0.3, -0.25) is 0 Å². The number of aromatic nitrogens is 1. The highest BCUT2D eigenvalue weighted by molar-refractivity contribution is 7.89. The number of rotatable bonds is 6. The second-order valence-electron chi connectivity index (χ2n) is 5.83. The number of carbonyl (C=O) groups is 1. The highest BCUT2D eigenvalue weighted by Crippen LogP contribution is 2.29. The van der Waals surface area contributed by atoms with Crippen LogP contribution in [0.5, 0.6) is 0 Å². The van der Waals surface area contributed by atoms with Crippen molar-refractivity contribution < 1.29 is 17.9 Å². The molecular formula is C14H22N2O4S. The third kappa shape index (κ3) is 3.85. The fourth-order valence-corrected chi connectivity index (χ4v) is 2.91. The van der Waals surface area contributed by atoms with Crippen molar-refractivity contribution in [2.45, 2.75) is 50.5 Å². The first-order valence-electron chi connectivity index (χ1n) is 7.21. The van der Waals surface area contributed by atoms with Gasteiger partial charge in [-0.05, 0) is 32.3 Å². The molecule has 6 nitrogen and oxygen atoms in total. The summed E-state index contributed by atoms with van der Waals surface area (Å²) in [6.45, 7) is 4.09. The molecular weight excluding hydrogens is 292 g/mol. The number of ether oxygens (including phenoxy) is 1. The Hall–Kier alpha value is -1.34. The Morgan fingerprint density at radius 2 is 2.14 bits per heavy atom. The molecule has 1 fully saturated rings. The normalized spacial score (nSPS) is 16.0. The molecule has 0 amide bonds. The van der Waals surface area contributed by atoms with E-state index in [0.29, 0.717) is 12.5 Å². The number of carbonyl (C=O) groups excluding carboxylic acids is 1. The fraction of sp³-hybridized carbons (Fsp3) is 0.643. The summed E-state index contributed by atoms with van der Waals surface area (Å²) in [6.07, 6.45) is 5.91. The maximum Gasteiger partial charge on any atom is 0.354 e. The van der Waals surface area contributed by atoms with Crippen molar-refractivity contribution in [1.82, 2.24) is 4.57 Å². The van der Waals surface area contributed by atoms with Gasteiger partial charge in [0.25, 0.3) is 0 Å². The van der Waals surface area contributed by atoms with Crippen LogP contribution in [0.1, 0.15) is 56.1 Å². The highest BCUT2D eigenvalue weighted by atomic mass is 32.2. The molecule has 7 heteroatoms. The van der Waals surface area contributed by atoms with Crippen LogP contribution in [0.15, 0.2) is 17.2 Å². The van der Waals surface area contributed by atoms with Gasteiger partial charge in [-0.1, -0.05) is 19.3 Å². The molecule has 1 aromatic rings. The minimum Gasteiger partial charge on any atom is -0.461 e. The molecule has 118 valence electrons. The predicted molar refractivity (Wildman–Crippen MR) is 78.4 cm³/mol. The molecule has 0 spiro atoms. The van der Waals surface area contributed by atoms with Crippen LogP contribution in [0, 0.1) is 5.92 Å². The van der Waals surface area contributed by atoms with Gasteiger partial charge in [-0.25, -0.2) is 18.4 Å². The first kappa shape index (κ1) is 16.0. The molecule has 1 saturated carbocycles. The lowest BCUT2D eigenvalue weighted by Gasteiger charge is -2.24. The van der Waals surface area contributed by atoms with E-state index in [1.807, 2.05) is 13.8 Å². The zero-order valence-corrected chi connectivity index (χ0v) is 13.2. The smallest absolute Gasteiger partial charge is 0.354 e. The number of nitrogens with zero attached hydrogens (tertiary/aromatic N) is 1. The molecule has 21 heavy (non-hydrogen) atoms. The number of esters is 1. The van der Waals surface area contributed by atoms with Crippen LogP contribution < -0.4 is 5.14 Å². The molecule has 0 unspecified atom stereocenters. The molecule has 1 aliphatic carbocycles. The number of hydrogen-bond donors (Lipinski definition) is 1. The van der Waals surface area contributed by atoms with Crippen LogP contribution in [-0.2, 0) is 14.8 Å². The van der Waals surface area contributed by atoms with Gasteiger partial charge in [-0.15, -0.1) is 0 Å². The first-order chi connectivity index (χ1) is 9.79. The van der Waals surface area contributed by atoms with Gasteiger partial charge in [0.2, 0.25) is 10.0 Å². The second kappa shape index (κ2) is 6.19. The zero-order valence-electron chi connectivity index (χ0n) is 12.4. The predicted octanol–water partition coefficient (Wildman–Crippen LogP) is 2.06. The van der Waals surface area contributed by atoms with Crippen LogP contribution in [0.4, 0.5) is 0 Å². The van der Waals surface area contributed by atoms with Crippen molar-refractivity contribution in [2.75, 3.05) is 6.61 Å². The Morgan fingerprint density at radius 3 is 2.62 bits per heavy atom. The molecule has 2 N–H and O–H groups in total. The molecule has 0 aliphatic heterocycles. The largest absolute Gasteiger partial charge is 0.461 e. The lowest BCUT2D eigenvalue weighted by Crippen LogP contribution is -2.17. The molecule has 1 heterocycles. The van der Waals surface area contributed by atoms with Gasteiger partial charge < -0.3 is 9.30 Å². The van der Waals surface area contributed by atoms with Crippen LogP contribution >= 0.6 is 0 Å². The van der Waals surface area contributed by atoms with E-state index in [4.69, 9.17) is 9.88 Å². The van der Waals surface area contributed by atoms with E-state index in [-0.39, 0.29) is 16.6 Å². The van der Waals surface area contributed by atoms with Crippen LogP contribution in [0.25, 0.3) is 0 Å². The van der Waals surface area contributed by atoms with E-state index >= 15 is 0 Å². The van der Waals surface area contributed by atoms with Gasteiger partial charge in [-0.2, -0.15) is 0 Å². The maximum atomic E-state index is 12.1. The molecule has 0 aromatic carbocycles. The van der Waals surface area contributed by atoms with Crippen molar-refractivity contribution in [3.8, 4) is 0 Å². The summed E-state index contributed by atoms with van der Waals surface area (Å²) in [4.78, 5) is 12.1. The summed E-state index contributed by atoms with van der Waals surface area (Å²) in [5.41, 5.74) is 0.225. The van der Waals surface area contributed by atoms with E-state index in [0.717, 1.165) is 6.42 Å². The van der Waals surface area contributed by atoms with Gasteiger partial charge in [0.1, 0.15) is 10.6 Å². The van der Waals surface area contributed by atoms with Gasteiger partial charge >= 0.3 is 5.97 Å². The molecule has 0 saturated heterocycles. The Bertz CT molecular complexity index is 615. The van der Waals surface area contributed by atoms with Crippen LogP contribution in [-0.4, -0.2) is 25.6 Å². The summed E-state index contributed by atoms with van der Waals surface area (Å²) in [5, 5.41) is 5.11. The molecule has 0 atom stereocenters. The SMILES string of the molecule is CC(C)n1cc(S(N)(=O)=O)cc1C(=O)OCCC1CCC1. The van der Waals surface area contributed by atoms with Crippen LogP contribution in [0.2, 0.25) is 0 Å². The first-order valence-corrected chi connectivity index (χ1v) is 8.75. The topological polar surface area (TPSA) is 91.4 Å². The van der Waals surface area contributed by atoms with Gasteiger partial charge in [0.05, 0.1) is 6.61 Å². The third-order valence-electron chi connectivity index (χ3n) is 3.90. The van der Waals surface area contributed by atoms with Gasteiger partial charge in [0, 0.05) is 12.2 Å². The van der Waals surface area contributed by atoms with Crippen molar-refractivity contribution in [2.24, 2.45) is 11.1 Å². The summed E-state index contributed by atoms with van der Waals surface area (Å²) in [5.74, 6) is 0.160. The Balaban J connectivity index is 2.09. The number of primary sulfonamides is 1. The Morgan fingerprint density at radius 1 is 1.48 bits per heavy atom. The summed E-state index contributed by atoms with van der Waals surface area (Å²) in [7, 11) is -3.83. The lowest BCUT2D eigenvalue weighted by atomic mass is 9.83. The molecule has 1 aliphatic rings. The van der Waals surface area contributed by atoms with E-state index in [1.54, 1.807) is 4.57 Å². The molecule has 1 aromatic heterocycles. The highest BCUT2D eigenvalue weighted by Gasteiger charge is 2.22. The lowest BCUT2D eigenvalue weighted by molar-refractivity contribution is 0.0450. The number of nitrogens with two attached hydrogens (primary N) is 1. The van der Waals surface area contributed by atoms with E-state index < -0.39 is 16.0 Å². The summed E-state index contributed by atoms with van der Waals surface area (Å²) >= 11 is 0. The van der Waals surface area contributed by atoms with Crippen molar-refractivity contribution >= 4 is 16.0 Å². The van der Waals surface area contributed by atoms with Crippen molar-refractivity contribution in [3.63, 3.8) is 0 Å². The Labute approximate surface area is 125 Å². The molecule has 0 radical (unpaired) electrons. The Kier molecular flexibility index (Phi) is 4.73. The molecule has 0 bridgehead atoms. The average Bonchev–Trinajstić information content (AvgIpc) is 2.76. The maximum absolute atomic E-state index is 12.1. The fourth-order valence-electron chi connectivity index (χ4n) is 2.37. The minimum absolute atomic E-state index is 0.0605. The van der Waals surface area contributed by atoms with Crippen molar-refractivity contribution in [3.05, 3.63) is 18.0 Å². The standard InChI is InChI=1S/C14H22N2O4S/c1-10(2)16-9-12(21(15,18)19)8-13(16)14(17)20-7-6-11-4-3-5-11/h8-11H,3-7H2,1-2H3,(H2,15,18,19). The summed E-state index contributed by atoms with van der Waals surface area (Å²) < 4.78 is 29.6. The van der Waals surface area contributed by atoms with E-state index in [1.165, 1.54) is 31.5 Å². The second-order valence-corrected chi connectivity index (χ2v) is 7.39. The minimum atomic E-state index is -3.83. The average molecular weight is 314 g/mol. The molecule has 2 rings (SSSR count). The third-order valence-corrected chi connectivity index (χ3v) is 4.78. The number of hydrogen-bond acceptors (Lipinski definition) is 4. The summed E-state index contributed by atoms with van der Waals surface area (Å²) in [6, 6.07) is 1.22.